The van der Waals surface area contributed by atoms with E-state index in [4.69, 9.17) is 0 Å². The van der Waals surface area contributed by atoms with Gasteiger partial charge in [0.05, 0.1) is 5.69 Å². The van der Waals surface area contributed by atoms with Crippen LogP contribution in [0.3, 0.4) is 0 Å². The Morgan fingerprint density at radius 3 is 2.83 bits per heavy atom. The maximum atomic E-state index is 13.5. The fraction of sp³-hybridized carbons (Fsp3) is 0.440. The lowest BCUT2D eigenvalue weighted by molar-refractivity contribution is 0.0304. The van der Waals surface area contributed by atoms with E-state index in [9.17, 15) is 9.18 Å². The molecule has 3 nitrogen and oxygen atoms in total. The Balaban J connectivity index is 1.37. The molecule has 0 N–H and O–H groups in total. The van der Waals surface area contributed by atoms with Gasteiger partial charge in [-0.1, -0.05) is 37.1 Å². The van der Waals surface area contributed by atoms with Crippen LogP contribution in [-0.2, 0) is 0 Å². The number of hydrogen-bond donors (Lipinski definition) is 0. The van der Waals surface area contributed by atoms with Gasteiger partial charge in [0.1, 0.15) is 5.82 Å². The molecule has 3 fully saturated rings. The fourth-order valence-corrected chi connectivity index (χ4v) is 6.80. The molecule has 5 rings (SSSR count). The molecule has 1 aromatic heterocycles. The molecule has 30 heavy (non-hydrogen) atoms. The second-order valence-electron chi connectivity index (χ2n) is 8.87. The van der Waals surface area contributed by atoms with E-state index in [-0.39, 0.29) is 5.82 Å². The summed E-state index contributed by atoms with van der Waals surface area (Å²) < 4.78 is 13.5. The number of aromatic nitrogens is 1. The van der Waals surface area contributed by atoms with Crippen LogP contribution in [0.4, 0.5) is 9.18 Å². The first-order valence-corrected chi connectivity index (χ1v) is 12.3. The van der Waals surface area contributed by atoms with Gasteiger partial charge in [-0.3, -0.25) is 9.78 Å². The third-order valence-electron chi connectivity index (χ3n) is 7.15. The lowest BCUT2D eigenvalue weighted by Gasteiger charge is -2.52. The van der Waals surface area contributed by atoms with Gasteiger partial charge < -0.3 is 4.90 Å². The van der Waals surface area contributed by atoms with E-state index < -0.39 is 0 Å². The number of fused-ring (bicyclic) bond motifs is 2. The van der Waals surface area contributed by atoms with E-state index in [0.717, 1.165) is 35.9 Å². The Labute approximate surface area is 179 Å². The molecule has 4 unspecified atom stereocenters. The second-order valence-corrected chi connectivity index (χ2v) is 10.1. The fourth-order valence-electron chi connectivity index (χ4n) is 5.68. The van der Waals surface area contributed by atoms with Crippen molar-refractivity contribution in [1.82, 2.24) is 9.88 Å². The summed E-state index contributed by atoms with van der Waals surface area (Å²) in [7, 11) is 0.460. The topological polar surface area (TPSA) is 33.2 Å². The summed E-state index contributed by atoms with van der Waals surface area (Å²) in [6, 6.07) is 11.0. The van der Waals surface area contributed by atoms with Crippen LogP contribution in [0.5, 0.6) is 0 Å². The van der Waals surface area contributed by atoms with Gasteiger partial charge in [0.25, 0.3) is 0 Å². The summed E-state index contributed by atoms with van der Waals surface area (Å²) in [5, 5.41) is 0. The highest BCUT2D eigenvalue weighted by Gasteiger charge is 2.45. The summed E-state index contributed by atoms with van der Waals surface area (Å²) in [6.45, 7) is 0.978. The molecule has 2 saturated heterocycles. The zero-order valence-corrected chi connectivity index (χ0v) is 18.1. The monoisotopic (exact) mass is 422 g/mol. The maximum absolute atomic E-state index is 13.5. The normalized spacial score (nSPS) is 29.8. The van der Waals surface area contributed by atoms with Gasteiger partial charge in [0, 0.05) is 30.3 Å². The van der Waals surface area contributed by atoms with Crippen molar-refractivity contribution in [2.45, 2.75) is 38.1 Å². The molecule has 0 spiro atoms. The van der Waals surface area contributed by atoms with E-state index >= 15 is 0 Å². The molecule has 1 aliphatic carbocycles. The van der Waals surface area contributed by atoms with Crippen LogP contribution < -0.4 is 0 Å². The summed E-state index contributed by atoms with van der Waals surface area (Å²) in [5.74, 6) is 1.54. The van der Waals surface area contributed by atoms with Crippen molar-refractivity contribution < 1.29 is 9.18 Å². The van der Waals surface area contributed by atoms with Gasteiger partial charge in [-0.15, -0.1) is 0 Å². The van der Waals surface area contributed by atoms with Gasteiger partial charge in [-0.2, -0.15) is 0 Å². The van der Waals surface area contributed by atoms with Crippen LogP contribution in [-0.4, -0.2) is 34.3 Å². The minimum Gasteiger partial charge on any atom is -0.335 e. The molecule has 156 valence electrons. The number of hydrogen-bond acceptors (Lipinski definition) is 2. The minimum atomic E-state index is -0.233. The largest absolute Gasteiger partial charge is 0.335 e. The van der Waals surface area contributed by atoms with Gasteiger partial charge >= 0.3 is 0 Å². The zero-order valence-electron chi connectivity index (χ0n) is 17.1. The van der Waals surface area contributed by atoms with Crippen molar-refractivity contribution in [3.05, 3.63) is 60.2 Å². The van der Waals surface area contributed by atoms with Crippen LogP contribution in [0.15, 0.2) is 48.7 Å². The highest BCUT2D eigenvalue weighted by molar-refractivity contribution is 7.57. The number of benzene rings is 1. The molecule has 0 bridgehead atoms. The van der Waals surface area contributed by atoms with E-state index in [1.807, 2.05) is 24.4 Å². The lowest BCUT2D eigenvalue weighted by atomic mass is 9.66. The first kappa shape index (κ1) is 19.9. The van der Waals surface area contributed by atoms with Crippen LogP contribution in [0.2, 0.25) is 0 Å². The van der Waals surface area contributed by atoms with Gasteiger partial charge in [0.15, 0.2) is 0 Å². The number of piperidine rings is 1. The van der Waals surface area contributed by atoms with Gasteiger partial charge in [-0.05, 0) is 75.7 Å². The van der Waals surface area contributed by atoms with Crippen LogP contribution >= 0.6 is 8.58 Å². The second kappa shape index (κ2) is 8.59. The molecule has 1 saturated carbocycles. The van der Waals surface area contributed by atoms with E-state index in [1.165, 1.54) is 37.8 Å². The van der Waals surface area contributed by atoms with Crippen molar-refractivity contribution in [3.8, 4) is 11.1 Å². The van der Waals surface area contributed by atoms with Crippen molar-refractivity contribution in [2.75, 3.05) is 12.7 Å². The zero-order chi connectivity index (χ0) is 20.5. The molecule has 5 heteroatoms. The van der Waals surface area contributed by atoms with E-state index in [2.05, 4.69) is 22.0 Å². The first-order chi connectivity index (χ1) is 14.7. The molecular formula is C25H28FN2OP. The number of amides is 1. The molecule has 2 aromatic rings. The predicted octanol–water partition coefficient (Wildman–Crippen LogP) is 6.21. The molecule has 2 aliphatic heterocycles. The number of rotatable bonds is 3. The average Bonchev–Trinajstić information content (AvgIpc) is 2.78. The Kier molecular flexibility index (Phi) is 5.69. The number of pyridine rings is 1. The Morgan fingerprint density at radius 1 is 1.10 bits per heavy atom. The molecule has 1 aromatic carbocycles. The molecule has 3 aliphatic rings. The number of carbonyl (C=O) groups is 1. The third-order valence-corrected chi connectivity index (χ3v) is 8.28. The minimum absolute atomic E-state index is 0.233. The summed E-state index contributed by atoms with van der Waals surface area (Å²) in [4.78, 5) is 19.4. The third kappa shape index (κ3) is 3.95. The lowest BCUT2D eigenvalue weighted by Crippen LogP contribution is -2.56. The highest BCUT2D eigenvalue weighted by atomic mass is 31.1. The van der Waals surface area contributed by atoms with Crippen LogP contribution in [0, 0.1) is 23.6 Å². The predicted molar refractivity (Wildman–Crippen MR) is 121 cm³/mol. The molecule has 3 heterocycles. The van der Waals surface area contributed by atoms with E-state index in [1.54, 1.807) is 6.07 Å². The SMILES string of the molecule is O=C1PCC[C@@H]2C(/C=C/c3ccc(-c4cccc(F)c4)cn3)C3CCCCC3CN12. The van der Waals surface area contributed by atoms with Gasteiger partial charge in [0.2, 0.25) is 5.65 Å². The molecule has 5 atom stereocenters. The summed E-state index contributed by atoms with van der Waals surface area (Å²) in [6.07, 6.45) is 13.6. The molecular weight excluding hydrogens is 394 g/mol. The molecule has 0 radical (unpaired) electrons. The Hall–Kier alpha value is -2.06. The average molecular weight is 422 g/mol. The standard InChI is InChI=1S/C25H28FN2OP/c26-20-6-3-5-17(14-20)18-8-9-21(27-15-18)10-11-23-22-7-2-1-4-19(22)16-28-24(23)12-13-30-25(28)29/h3,5-6,8-11,14-15,19,22-24,30H,1-2,4,7,12-13,16H2/b11-10+/t19?,22?,23?,24-/m1/s1. The number of carbonyl (C=O) groups excluding carboxylic acids is 1. The Morgan fingerprint density at radius 2 is 2.00 bits per heavy atom. The maximum Gasteiger partial charge on any atom is 0.240 e. The number of nitrogens with zero attached hydrogens (tertiary/aromatic N) is 2. The summed E-state index contributed by atoms with van der Waals surface area (Å²) in [5.41, 5.74) is 3.06. The van der Waals surface area contributed by atoms with Crippen molar-refractivity contribution in [2.24, 2.45) is 17.8 Å². The quantitative estimate of drug-likeness (QED) is 0.551. The van der Waals surface area contributed by atoms with Crippen molar-refractivity contribution in [1.29, 1.82) is 0 Å². The summed E-state index contributed by atoms with van der Waals surface area (Å²) >= 11 is 0. The first-order valence-electron chi connectivity index (χ1n) is 11.1. The van der Waals surface area contributed by atoms with E-state index in [0.29, 0.717) is 38.0 Å². The molecule has 1 amide bonds. The van der Waals surface area contributed by atoms with Crippen molar-refractivity contribution in [3.63, 3.8) is 0 Å². The van der Waals surface area contributed by atoms with Crippen molar-refractivity contribution >= 4 is 20.3 Å². The smallest absolute Gasteiger partial charge is 0.240 e. The highest BCUT2D eigenvalue weighted by Crippen LogP contribution is 2.47. The van der Waals surface area contributed by atoms with Gasteiger partial charge in [-0.25, -0.2) is 4.39 Å². The Bertz CT molecular complexity index is 944. The number of halogens is 1. The van der Waals surface area contributed by atoms with Crippen LogP contribution in [0.1, 0.15) is 37.8 Å². The van der Waals surface area contributed by atoms with Crippen LogP contribution in [0.25, 0.3) is 17.2 Å².